The first-order valence-corrected chi connectivity index (χ1v) is 8.94. The van der Waals surface area contributed by atoms with E-state index in [9.17, 15) is 9.59 Å². The summed E-state index contributed by atoms with van der Waals surface area (Å²) in [4.78, 5) is 22.8. The molecule has 0 saturated carbocycles. The number of furan rings is 1. The largest absolute Gasteiger partial charge is 0.484 e. The van der Waals surface area contributed by atoms with E-state index in [1.165, 1.54) is 12.3 Å². The van der Waals surface area contributed by atoms with E-state index in [1.807, 2.05) is 0 Å². The minimum absolute atomic E-state index is 0.210. The molecular weight excluding hydrogens is 396 g/mol. The highest BCUT2D eigenvalue weighted by Crippen LogP contribution is 2.26. The standard InChI is InChI=1S/C21H17ClN2O5/c1-13-9-14(21(26)27)5-7-18(13)19-8-6-17(29-19)11-23-24-20(25)12-28-16-4-2-3-15(22)10-16/h2-11H,12H2,1H3,(H,24,25)(H,26,27)/b23-11+. The van der Waals surface area contributed by atoms with Gasteiger partial charge in [0.25, 0.3) is 5.91 Å². The first-order chi connectivity index (χ1) is 13.9. The van der Waals surface area contributed by atoms with Crippen LogP contribution >= 0.6 is 11.6 Å². The summed E-state index contributed by atoms with van der Waals surface area (Å²) in [5, 5.41) is 13.4. The van der Waals surface area contributed by atoms with Crippen LogP contribution in [0.2, 0.25) is 5.02 Å². The molecule has 0 radical (unpaired) electrons. The van der Waals surface area contributed by atoms with Crippen LogP contribution in [-0.2, 0) is 4.79 Å². The van der Waals surface area contributed by atoms with Crippen LogP contribution in [0.25, 0.3) is 11.3 Å². The zero-order valence-electron chi connectivity index (χ0n) is 15.4. The topological polar surface area (TPSA) is 101 Å². The minimum atomic E-state index is -0.984. The van der Waals surface area contributed by atoms with E-state index in [2.05, 4.69) is 10.5 Å². The van der Waals surface area contributed by atoms with E-state index in [-0.39, 0.29) is 12.2 Å². The Morgan fingerprint density at radius 1 is 1.21 bits per heavy atom. The van der Waals surface area contributed by atoms with Crippen LogP contribution in [0.15, 0.2) is 64.1 Å². The van der Waals surface area contributed by atoms with Crippen LogP contribution in [0.4, 0.5) is 0 Å². The van der Waals surface area contributed by atoms with Crippen molar-refractivity contribution in [1.82, 2.24) is 5.43 Å². The van der Waals surface area contributed by atoms with E-state index in [1.54, 1.807) is 55.5 Å². The van der Waals surface area contributed by atoms with Gasteiger partial charge >= 0.3 is 5.97 Å². The number of rotatable bonds is 7. The molecule has 0 atom stereocenters. The number of nitrogens with zero attached hydrogens (tertiary/aromatic N) is 1. The van der Waals surface area contributed by atoms with Crippen molar-refractivity contribution in [2.24, 2.45) is 5.10 Å². The molecule has 29 heavy (non-hydrogen) atoms. The number of aromatic carboxylic acids is 1. The molecule has 0 aliphatic heterocycles. The van der Waals surface area contributed by atoms with Gasteiger partial charge in [-0.1, -0.05) is 23.7 Å². The summed E-state index contributed by atoms with van der Waals surface area (Å²) < 4.78 is 11.0. The predicted octanol–water partition coefficient (Wildman–Crippen LogP) is 4.14. The van der Waals surface area contributed by atoms with Crippen molar-refractivity contribution in [1.29, 1.82) is 0 Å². The van der Waals surface area contributed by atoms with E-state index in [0.29, 0.717) is 22.3 Å². The highest BCUT2D eigenvalue weighted by molar-refractivity contribution is 6.30. The summed E-state index contributed by atoms with van der Waals surface area (Å²) in [6.07, 6.45) is 1.36. The van der Waals surface area contributed by atoms with E-state index in [4.69, 9.17) is 25.9 Å². The van der Waals surface area contributed by atoms with Gasteiger partial charge in [-0.05, 0) is 55.0 Å². The average Bonchev–Trinajstić information content (AvgIpc) is 3.15. The molecule has 1 amide bonds. The van der Waals surface area contributed by atoms with E-state index < -0.39 is 11.9 Å². The molecule has 0 spiro atoms. The number of hydrazone groups is 1. The van der Waals surface area contributed by atoms with Crippen LogP contribution in [0.3, 0.4) is 0 Å². The Balaban J connectivity index is 1.56. The molecule has 1 aromatic heterocycles. The molecule has 0 saturated heterocycles. The first kappa shape index (κ1) is 20.2. The lowest BCUT2D eigenvalue weighted by Crippen LogP contribution is -2.24. The Hall–Kier alpha value is -3.58. The molecular formula is C21H17ClN2O5. The number of carboxylic acid groups (broad SMARTS) is 1. The quantitative estimate of drug-likeness (QED) is 0.448. The summed E-state index contributed by atoms with van der Waals surface area (Å²) in [5.41, 5.74) is 4.10. The Bertz CT molecular complexity index is 1070. The second kappa shape index (κ2) is 9.07. The number of aryl methyl sites for hydroxylation is 1. The monoisotopic (exact) mass is 412 g/mol. The smallest absolute Gasteiger partial charge is 0.335 e. The second-order valence-electron chi connectivity index (χ2n) is 6.08. The van der Waals surface area contributed by atoms with Crippen LogP contribution in [0.1, 0.15) is 21.7 Å². The maximum atomic E-state index is 11.8. The maximum Gasteiger partial charge on any atom is 0.335 e. The minimum Gasteiger partial charge on any atom is -0.484 e. The lowest BCUT2D eigenvalue weighted by molar-refractivity contribution is -0.123. The van der Waals surface area contributed by atoms with Crippen molar-refractivity contribution in [2.45, 2.75) is 6.92 Å². The number of carbonyl (C=O) groups is 2. The zero-order valence-corrected chi connectivity index (χ0v) is 16.1. The third kappa shape index (κ3) is 5.46. The number of hydrogen-bond acceptors (Lipinski definition) is 5. The van der Waals surface area contributed by atoms with Gasteiger partial charge in [-0.2, -0.15) is 5.10 Å². The molecule has 7 nitrogen and oxygen atoms in total. The van der Waals surface area contributed by atoms with Gasteiger partial charge in [0.05, 0.1) is 11.8 Å². The second-order valence-corrected chi connectivity index (χ2v) is 6.51. The molecule has 3 aromatic rings. The van der Waals surface area contributed by atoms with Gasteiger partial charge in [0, 0.05) is 10.6 Å². The lowest BCUT2D eigenvalue weighted by atomic mass is 10.0. The van der Waals surface area contributed by atoms with Crippen molar-refractivity contribution in [3.8, 4) is 17.1 Å². The fourth-order valence-electron chi connectivity index (χ4n) is 2.55. The summed E-state index contributed by atoms with van der Waals surface area (Å²) in [5.74, 6) is 0.0565. The Morgan fingerprint density at radius 2 is 2.03 bits per heavy atom. The van der Waals surface area contributed by atoms with Gasteiger partial charge in [0.15, 0.2) is 6.61 Å². The summed E-state index contributed by atoms with van der Waals surface area (Å²) >= 11 is 5.85. The molecule has 0 aliphatic carbocycles. The van der Waals surface area contributed by atoms with Gasteiger partial charge in [-0.25, -0.2) is 10.2 Å². The maximum absolute atomic E-state index is 11.8. The van der Waals surface area contributed by atoms with Crippen LogP contribution < -0.4 is 10.2 Å². The molecule has 0 bridgehead atoms. The highest BCUT2D eigenvalue weighted by atomic mass is 35.5. The fraction of sp³-hybridized carbons (Fsp3) is 0.0952. The lowest BCUT2D eigenvalue weighted by Gasteiger charge is -2.04. The number of amides is 1. The summed E-state index contributed by atoms with van der Waals surface area (Å²) in [6.45, 7) is 1.59. The molecule has 8 heteroatoms. The average molecular weight is 413 g/mol. The molecule has 3 rings (SSSR count). The van der Waals surface area contributed by atoms with Crippen LogP contribution in [-0.4, -0.2) is 29.8 Å². The number of hydrogen-bond donors (Lipinski definition) is 2. The summed E-state index contributed by atoms with van der Waals surface area (Å²) in [7, 11) is 0. The third-order valence-electron chi connectivity index (χ3n) is 3.91. The number of carbonyl (C=O) groups excluding carboxylic acids is 1. The van der Waals surface area contributed by atoms with E-state index in [0.717, 1.165) is 11.1 Å². The van der Waals surface area contributed by atoms with Crippen LogP contribution in [0, 0.1) is 6.92 Å². The van der Waals surface area contributed by atoms with Gasteiger partial charge in [-0.3, -0.25) is 4.79 Å². The van der Waals surface area contributed by atoms with Crippen molar-refractivity contribution in [3.63, 3.8) is 0 Å². The van der Waals surface area contributed by atoms with Crippen molar-refractivity contribution in [2.75, 3.05) is 6.61 Å². The number of ether oxygens (including phenoxy) is 1. The molecule has 2 aromatic carbocycles. The first-order valence-electron chi connectivity index (χ1n) is 8.57. The number of halogens is 1. The van der Waals surface area contributed by atoms with Gasteiger partial charge < -0.3 is 14.3 Å². The third-order valence-corrected chi connectivity index (χ3v) is 4.15. The van der Waals surface area contributed by atoms with Crippen molar-refractivity contribution in [3.05, 3.63) is 76.5 Å². The van der Waals surface area contributed by atoms with Crippen molar-refractivity contribution >= 4 is 29.7 Å². The number of nitrogens with one attached hydrogen (secondary N) is 1. The van der Waals surface area contributed by atoms with Crippen molar-refractivity contribution < 1.29 is 23.8 Å². The van der Waals surface area contributed by atoms with Gasteiger partial charge in [0.2, 0.25) is 0 Å². The molecule has 0 aliphatic rings. The molecule has 2 N–H and O–H groups in total. The Morgan fingerprint density at radius 3 is 2.76 bits per heavy atom. The van der Waals surface area contributed by atoms with Gasteiger partial charge in [-0.15, -0.1) is 0 Å². The molecule has 0 fully saturated rings. The number of benzene rings is 2. The Kier molecular flexibility index (Phi) is 6.31. The summed E-state index contributed by atoms with van der Waals surface area (Å²) in [6, 6.07) is 14.9. The highest BCUT2D eigenvalue weighted by Gasteiger charge is 2.10. The number of carboxylic acids is 1. The molecule has 0 unspecified atom stereocenters. The SMILES string of the molecule is Cc1cc(C(=O)O)ccc1-c1ccc(/C=N/NC(=O)COc2cccc(Cl)c2)o1. The predicted molar refractivity (Wildman–Crippen MR) is 109 cm³/mol. The normalized spacial score (nSPS) is 10.8. The van der Waals surface area contributed by atoms with Gasteiger partial charge in [0.1, 0.15) is 17.3 Å². The fourth-order valence-corrected chi connectivity index (χ4v) is 2.73. The molecule has 148 valence electrons. The Labute approximate surface area is 171 Å². The van der Waals surface area contributed by atoms with E-state index >= 15 is 0 Å². The zero-order chi connectivity index (χ0) is 20.8. The van der Waals surface area contributed by atoms with Crippen LogP contribution in [0.5, 0.6) is 5.75 Å². The molecule has 1 heterocycles.